The van der Waals surface area contributed by atoms with Crippen LogP contribution in [-0.4, -0.2) is 64.1 Å². The van der Waals surface area contributed by atoms with Crippen molar-refractivity contribution in [2.45, 2.75) is 25.9 Å². The highest BCUT2D eigenvalue weighted by atomic mass is 16.5. The minimum atomic E-state index is -0.0214. The Labute approximate surface area is 154 Å². The fraction of sp³-hybridized carbons (Fsp3) is 0.526. The van der Waals surface area contributed by atoms with E-state index in [0.717, 1.165) is 36.7 Å². The molecule has 0 saturated heterocycles. The molecule has 2 aromatic heterocycles. The number of aromatic nitrogens is 3. The average Bonchev–Trinajstić information content (AvgIpc) is 2.96. The highest BCUT2D eigenvalue weighted by Gasteiger charge is 2.29. The maximum atomic E-state index is 11.7. The Bertz CT molecular complexity index is 771. The minimum Gasteiger partial charge on any atom is -0.371 e. The van der Waals surface area contributed by atoms with Gasteiger partial charge < -0.3 is 14.2 Å². The van der Waals surface area contributed by atoms with Gasteiger partial charge in [-0.3, -0.25) is 14.7 Å². The van der Waals surface area contributed by atoms with Gasteiger partial charge in [-0.15, -0.1) is 0 Å². The summed E-state index contributed by atoms with van der Waals surface area (Å²) in [6.07, 6.45) is 1.86. The van der Waals surface area contributed by atoms with Crippen LogP contribution in [0.4, 0.5) is 0 Å². The van der Waals surface area contributed by atoms with E-state index >= 15 is 0 Å². The number of rotatable bonds is 6. The predicted molar refractivity (Wildman–Crippen MR) is 98.6 cm³/mol. The van der Waals surface area contributed by atoms with E-state index in [-0.39, 0.29) is 18.4 Å². The molecule has 0 aliphatic carbocycles. The van der Waals surface area contributed by atoms with Crippen LogP contribution in [0.2, 0.25) is 0 Å². The highest BCUT2D eigenvalue weighted by Crippen LogP contribution is 2.28. The first-order valence-electron chi connectivity index (χ1n) is 8.87. The second kappa shape index (κ2) is 7.97. The Morgan fingerprint density at radius 2 is 2.19 bits per heavy atom. The number of carbonyl (C=O) groups excluding carboxylic acids is 1. The van der Waals surface area contributed by atoms with Crippen LogP contribution in [0.15, 0.2) is 24.5 Å². The molecule has 140 valence electrons. The molecule has 1 aliphatic rings. The number of nitrogens with zero attached hydrogens (tertiary/aromatic N) is 5. The molecule has 0 aromatic carbocycles. The number of pyridine rings is 1. The quantitative estimate of drug-likeness (QED) is 0.780. The van der Waals surface area contributed by atoms with Crippen LogP contribution in [0.3, 0.4) is 0 Å². The molecule has 0 fully saturated rings. The van der Waals surface area contributed by atoms with Crippen molar-refractivity contribution < 1.29 is 9.53 Å². The Morgan fingerprint density at radius 3 is 2.92 bits per heavy atom. The van der Waals surface area contributed by atoms with Gasteiger partial charge in [0.1, 0.15) is 6.61 Å². The highest BCUT2D eigenvalue weighted by molar-refractivity contribution is 5.76. The fourth-order valence-corrected chi connectivity index (χ4v) is 3.39. The zero-order chi connectivity index (χ0) is 18.7. The van der Waals surface area contributed by atoms with Gasteiger partial charge in [-0.25, -0.2) is 4.98 Å². The maximum absolute atomic E-state index is 11.7. The molecule has 1 amide bonds. The summed E-state index contributed by atoms with van der Waals surface area (Å²) in [7, 11) is 5.49. The molecule has 26 heavy (non-hydrogen) atoms. The van der Waals surface area contributed by atoms with Gasteiger partial charge in [0.05, 0.1) is 24.3 Å². The summed E-state index contributed by atoms with van der Waals surface area (Å²) in [5.74, 6) is 0.165. The van der Waals surface area contributed by atoms with Crippen LogP contribution in [0.1, 0.15) is 28.7 Å². The van der Waals surface area contributed by atoms with Crippen molar-refractivity contribution in [3.8, 4) is 0 Å². The zero-order valence-electron chi connectivity index (χ0n) is 16.0. The number of ether oxygens (including phenoxy) is 1. The van der Waals surface area contributed by atoms with Crippen molar-refractivity contribution in [3.63, 3.8) is 0 Å². The normalized spacial score (nSPS) is 17.2. The largest absolute Gasteiger partial charge is 0.371 e. The number of imidazole rings is 1. The van der Waals surface area contributed by atoms with E-state index in [9.17, 15) is 4.79 Å². The van der Waals surface area contributed by atoms with Crippen molar-refractivity contribution >= 4 is 5.91 Å². The molecule has 1 aliphatic heterocycles. The van der Waals surface area contributed by atoms with E-state index in [1.54, 1.807) is 19.0 Å². The number of aryl methyl sites for hydroxylation is 2. The van der Waals surface area contributed by atoms with E-state index < -0.39 is 0 Å². The number of amides is 1. The molecule has 3 rings (SSSR count). The Morgan fingerprint density at radius 1 is 1.38 bits per heavy atom. The molecule has 3 heterocycles. The summed E-state index contributed by atoms with van der Waals surface area (Å²) in [5.41, 5.74) is 4.38. The van der Waals surface area contributed by atoms with Gasteiger partial charge in [0.15, 0.2) is 0 Å². The van der Waals surface area contributed by atoms with Crippen LogP contribution in [0.5, 0.6) is 0 Å². The lowest BCUT2D eigenvalue weighted by atomic mass is 9.98. The molecule has 0 saturated carbocycles. The van der Waals surface area contributed by atoms with Gasteiger partial charge >= 0.3 is 0 Å². The predicted octanol–water partition coefficient (Wildman–Crippen LogP) is 1.33. The number of hydrogen-bond acceptors (Lipinski definition) is 5. The molecule has 0 radical (unpaired) electrons. The lowest BCUT2D eigenvalue weighted by Gasteiger charge is -2.32. The summed E-state index contributed by atoms with van der Waals surface area (Å²) in [6.45, 7) is 5.07. The molecule has 0 bridgehead atoms. The number of hydrogen-bond donors (Lipinski definition) is 0. The number of likely N-dealkylation sites (N-methyl/N-ethyl adjacent to an activating group) is 1. The lowest BCUT2D eigenvalue weighted by Crippen LogP contribution is -2.37. The molecule has 2 aromatic rings. The molecule has 0 N–H and O–H groups in total. The van der Waals surface area contributed by atoms with Gasteiger partial charge in [-0.05, 0) is 19.1 Å². The molecule has 7 heteroatoms. The van der Waals surface area contributed by atoms with Crippen LogP contribution in [-0.2, 0) is 29.7 Å². The minimum absolute atomic E-state index is 0.0214. The third kappa shape index (κ3) is 4.28. The van der Waals surface area contributed by atoms with E-state index in [1.165, 1.54) is 5.69 Å². The molecular formula is C19H27N5O2. The Hall–Kier alpha value is -2.25. The summed E-state index contributed by atoms with van der Waals surface area (Å²) < 4.78 is 7.79. The van der Waals surface area contributed by atoms with Gasteiger partial charge in [-0.1, -0.05) is 6.07 Å². The van der Waals surface area contributed by atoms with Crippen LogP contribution >= 0.6 is 0 Å². The van der Waals surface area contributed by atoms with E-state index in [0.29, 0.717) is 6.61 Å². The van der Waals surface area contributed by atoms with Crippen molar-refractivity contribution in [1.82, 2.24) is 24.3 Å². The summed E-state index contributed by atoms with van der Waals surface area (Å²) in [4.78, 5) is 24.8. The second-order valence-corrected chi connectivity index (χ2v) is 7.13. The first kappa shape index (κ1) is 18.5. The summed E-state index contributed by atoms with van der Waals surface area (Å²) in [6, 6.07) is 6.11. The Balaban J connectivity index is 1.69. The topological polar surface area (TPSA) is 63.5 Å². The maximum Gasteiger partial charge on any atom is 0.248 e. The molecular weight excluding hydrogens is 330 g/mol. The molecule has 0 spiro atoms. The molecule has 0 unspecified atom stereocenters. The molecule has 7 nitrogen and oxygen atoms in total. The fourth-order valence-electron chi connectivity index (χ4n) is 3.39. The zero-order valence-corrected chi connectivity index (χ0v) is 16.0. The number of carbonyl (C=O) groups is 1. The van der Waals surface area contributed by atoms with E-state index in [1.807, 2.05) is 32.4 Å². The Kier molecular flexibility index (Phi) is 5.68. The van der Waals surface area contributed by atoms with Crippen LogP contribution < -0.4 is 0 Å². The smallest absolute Gasteiger partial charge is 0.248 e. The third-order valence-corrected chi connectivity index (χ3v) is 4.68. The van der Waals surface area contributed by atoms with Crippen molar-refractivity contribution in [2.75, 3.05) is 33.9 Å². The van der Waals surface area contributed by atoms with Crippen molar-refractivity contribution in [3.05, 3.63) is 47.3 Å². The first-order chi connectivity index (χ1) is 12.4. The van der Waals surface area contributed by atoms with Crippen LogP contribution in [0.25, 0.3) is 0 Å². The van der Waals surface area contributed by atoms with E-state index in [4.69, 9.17) is 4.74 Å². The van der Waals surface area contributed by atoms with E-state index in [2.05, 4.69) is 25.5 Å². The SMILES string of the molecule is Cc1cccc(CN2Cc3ncn(C)c3[C@@H](COCC(=O)N(C)C)C2)n1. The van der Waals surface area contributed by atoms with Crippen molar-refractivity contribution in [2.24, 2.45) is 7.05 Å². The second-order valence-electron chi connectivity index (χ2n) is 7.13. The van der Waals surface area contributed by atoms with Gasteiger partial charge in [0, 0.05) is 58.1 Å². The van der Waals surface area contributed by atoms with Crippen LogP contribution in [0, 0.1) is 6.92 Å². The summed E-state index contributed by atoms with van der Waals surface area (Å²) >= 11 is 0. The van der Waals surface area contributed by atoms with Crippen molar-refractivity contribution in [1.29, 1.82) is 0 Å². The molecule has 1 atom stereocenters. The average molecular weight is 357 g/mol. The standard InChI is InChI=1S/C19H27N5O2/c1-14-6-5-7-16(21-14)9-24-8-15(11-26-12-18(25)22(2)3)19-17(10-24)20-13-23(19)4/h5-7,13,15H,8-12H2,1-4H3/t15-/m1/s1. The number of fused-ring (bicyclic) bond motifs is 1. The third-order valence-electron chi connectivity index (χ3n) is 4.68. The van der Waals surface area contributed by atoms with Gasteiger partial charge in [0.2, 0.25) is 5.91 Å². The lowest BCUT2D eigenvalue weighted by molar-refractivity contribution is -0.133. The first-order valence-corrected chi connectivity index (χ1v) is 8.87. The van der Waals surface area contributed by atoms with Gasteiger partial charge in [0.25, 0.3) is 0 Å². The van der Waals surface area contributed by atoms with Gasteiger partial charge in [-0.2, -0.15) is 0 Å². The monoisotopic (exact) mass is 357 g/mol. The summed E-state index contributed by atoms with van der Waals surface area (Å²) in [5, 5.41) is 0.